The molecule has 2 bridgehead atoms. The molecule has 1 spiro atoms. The van der Waals surface area contributed by atoms with E-state index in [9.17, 15) is 4.39 Å². The minimum absolute atomic E-state index is 0.0201. The zero-order chi connectivity index (χ0) is 19.8. The van der Waals surface area contributed by atoms with E-state index in [0.717, 1.165) is 47.7 Å². The minimum Gasteiger partial charge on any atom is -0.475 e. The van der Waals surface area contributed by atoms with Crippen LogP contribution in [0.1, 0.15) is 30.9 Å². The molecule has 2 unspecified atom stereocenters. The van der Waals surface area contributed by atoms with E-state index in [1.54, 1.807) is 16.8 Å². The fourth-order valence-corrected chi connectivity index (χ4v) is 4.96. The third kappa shape index (κ3) is 2.31. The number of ether oxygens (including phenoxy) is 1. The molecule has 2 fully saturated rings. The Morgan fingerprint density at radius 1 is 1.38 bits per heavy atom. The van der Waals surface area contributed by atoms with Gasteiger partial charge in [0.15, 0.2) is 5.65 Å². The molecular formula is C21H21FN6O. The smallest absolute Gasteiger partial charge is 0.219 e. The van der Waals surface area contributed by atoms with Gasteiger partial charge in [0.25, 0.3) is 0 Å². The SMILES string of the molecule is C=C1N[C@H](C)COc2ncc(F)cc2C23CC2CCN3c2ccn3ncc1c3n2. The molecule has 3 aromatic heterocycles. The molecule has 3 atom stereocenters. The van der Waals surface area contributed by atoms with E-state index in [-0.39, 0.29) is 17.4 Å². The summed E-state index contributed by atoms with van der Waals surface area (Å²) in [4.78, 5) is 11.5. The molecule has 1 saturated carbocycles. The van der Waals surface area contributed by atoms with Crippen LogP contribution in [0.4, 0.5) is 10.2 Å². The number of hydrogen-bond acceptors (Lipinski definition) is 6. The van der Waals surface area contributed by atoms with Gasteiger partial charge in [-0.3, -0.25) is 0 Å². The summed E-state index contributed by atoms with van der Waals surface area (Å²) in [5, 5.41) is 7.77. The molecule has 6 rings (SSSR count). The second kappa shape index (κ2) is 5.68. The highest BCUT2D eigenvalue weighted by molar-refractivity contribution is 5.74. The van der Waals surface area contributed by atoms with Gasteiger partial charge in [0.2, 0.25) is 5.88 Å². The van der Waals surface area contributed by atoms with Crippen LogP contribution in [0, 0.1) is 11.7 Å². The van der Waals surface area contributed by atoms with Crippen molar-refractivity contribution in [1.29, 1.82) is 0 Å². The Bertz CT molecular complexity index is 1160. The summed E-state index contributed by atoms with van der Waals surface area (Å²) in [7, 11) is 0. The van der Waals surface area contributed by atoms with Crippen LogP contribution in [0.15, 0.2) is 37.3 Å². The molecule has 29 heavy (non-hydrogen) atoms. The average molecular weight is 392 g/mol. The molecule has 0 aromatic carbocycles. The van der Waals surface area contributed by atoms with Crippen LogP contribution in [0.25, 0.3) is 11.3 Å². The van der Waals surface area contributed by atoms with Crippen LogP contribution in [-0.2, 0) is 5.54 Å². The first-order valence-electron chi connectivity index (χ1n) is 9.93. The third-order valence-corrected chi connectivity index (χ3v) is 6.39. The Morgan fingerprint density at radius 2 is 2.28 bits per heavy atom. The number of aromatic nitrogens is 4. The van der Waals surface area contributed by atoms with E-state index in [1.165, 1.54) is 6.20 Å². The van der Waals surface area contributed by atoms with Crippen molar-refractivity contribution in [3.63, 3.8) is 0 Å². The molecule has 1 saturated heterocycles. The number of nitrogens with zero attached hydrogens (tertiary/aromatic N) is 5. The summed E-state index contributed by atoms with van der Waals surface area (Å²) < 4.78 is 22.1. The highest BCUT2D eigenvalue weighted by Gasteiger charge is 2.65. The van der Waals surface area contributed by atoms with Crippen LogP contribution in [0.3, 0.4) is 0 Å². The molecule has 1 aliphatic carbocycles. The molecule has 2 aliphatic heterocycles. The summed E-state index contributed by atoms with van der Waals surface area (Å²) in [6.07, 6.45) is 6.92. The highest BCUT2D eigenvalue weighted by atomic mass is 19.1. The van der Waals surface area contributed by atoms with Crippen molar-refractivity contribution in [2.24, 2.45) is 5.92 Å². The van der Waals surface area contributed by atoms with Gasteiger partial charge in [-0.15, -0.1) is 0 Å². The zero-order valence-electron chi connectivity index (χ0n) is 16.1. The Labute approximate surface area is 167 Å². The average Bonchev–Trinajstić information content (AvgIpc) is 3.09. The minimum atomic E-state index is -0.343. The maximum absolute atomic E-state index is 14.2. The quantitative estimate of drug-likeness (QED) is 0.635. The van der Waals surface area contributed by atoms with Crippen LogP contribution >= 0.6 is 0 Å². The second-order valence-corrected chi connectivity index (χ2v) is 8.22. The topological polar surface area (TPSA) is 67.6 Å². The first-order chi connectivity index (χ1) is 14.1. The van der Waals surface area contributed by atoms with E-state index in [1.807, 2.05) is 19.2 Å². The van der Waals surface area contributed by atoms with E-state index < -0.39 is 0 Å². The number of nitrogens with one attached hydrogen (secondary N) is 1. The fourth-order valence-electron chi connectivity index (χ4n) is 4.96. The summed E-state index contributed by atoms with van der Waals surface area (Å²) in [6.45, 7) is 7.44. The molecule has 8 heteroatoms. The van der Waals surface area contributed by atoms with E-state index >= 15 is 0 Å². The Hall–Kier alpha value is -3.16. The summed E-state index contributed by atoms with van der Waals surface area (Å²) >= 11 is 0. The maximum Gasteiger partial charge on any atom is 0.219 e. The number of anilines is 1. The van der Waals surface area contributed by atoms with Gasteiger partial charge in [0, 0.05) is 24.0 Å². The predicted octanol–water partition coefficient (Wildman–Crippen LogP) is 2.73. The van der Waals surface area contributed by atoms with Crippen LogP contribution in [-0.4, -0.2) is 38.8 Å². The van der Waals surface area contributed by atoms with Crippen molar-refractivity contribution in [2.45, 2.75) is 31.3 Å². The summed E-state index contributed by atoms with van der Waals surface area (Å²) in [5.41, 5.74) is 2.87. The second-order valence-electron chi connectivity index (χ2n) is 8.22. The van der Waals surface area contributed by atoms with Crippen LogP contribution < -0.4 is 15.0 Å². The van der Waals surface area contributed by atoms with E-state index in [4.69, 9.17) is 9.72 Å². The van der Waals surface area contributed by atoms with Gasteiger partial charge < -0.3 is 15.0 Å². The predicted molar refractivity (Wildman–Crippen MR) is 106 cm³/mol. The first kappa shape index (κ1) is 16.8. The lowest BCUT2D eigenvalue weighted by Crippen LogP contribution is -2.35. The normalized spacial score (nSPS) is 27.8. The molecular weight excluding hydrogens is 371 g/mol. The lowest BCUT2D eigenvalue weighted by atomic mass is 10.0. The van der Waals surface area contributed by atoms with E-state index in [0.29, 0.717) is 18.4 Å². The van der Waals surface area contributed by atoms with Gasteiger partial charge in [0.05, 0.1) is 29.5 Å². The van der Waals surface area contributed by atoms with Crippen molar-refractivity contribution < 1.29 is 9.13 Å². The van der Waals surface area contributed by atoms with Gasteiger partial charge in [-0.05, 0) is 37.8 Å². The van der Waals surface area contributed by atoms with Crippen molar-refractivity contribution >= 4 is 17.2 Å². The lowest BCUT2D eigenvalue weighted by Gasteiger charge is -2.31. The number of pyridine rings is 1. The largest absolute Gasteiger partial charge is 0.475 e. The molecule has 5 heterocycles. The fraction of sp³-hybridized carbons (Fsp3) is 0.381. The van der Waals surface area contributed by atoms with Gasteiger partial charge in [-0.1, -0.05) is 6.58 Å². The maximum atomic E-state index is 14.2. The standard InChI is InChI=1S/C21H21FN6O/c1-12-11-29-20-17(7-15(22)9-23-20)21-8-14(21)3-5-27(21)18-4-6-28-19(26-18)16(10-24-28)13(2)25-12/h4,6-7,9-10,12,14,25H,2-3,5,8,11H2,1H3/t12-,14?,21?/m1/s1. The van der Waals surface area contributed by atoms with Crippen molar-refractivity contribution in [3.8, 4) is 5.88 Å². The molecule has 148 valence electrons. The molecule has 3 aromatic rings. The first-order valence-corrected chi connectivity index (χ1v) is 9.93. The number of piperidine rings is 1. The highest BCUT2D eigenvalue weighted by Crippen LogP contribution is 2.64. The van der Waals surface area contributed by atoms with Gasteiger partial charge in [-0.25, -0.2) is 18.9 Å². The Kier molecular flexibility index (Phi) is 3.29. The molecule has 7 nitrogen and oxygen atoms in total. The number of halogens is 1. The molecule has 0 amide bonds. The van der Waals surface area contributed by atoms with Gasteiger partial charge in [0.1, 0.15) is 18.2 Å². The van der Waals surface area contributed by atoms with Crippen molar-refractivity contribution in [3.05, 3.63) is 54.2 Å². The monoisotopic (exact) mass is 392 g/mol. The van der Waals surface area contributed by atoms with Crippen molar-refractivity contribution in [1.82, 2.24) is 24.9 Å². The number of rotatable bonds is 0. The van der Waals surface area contributed by atoms with Crippen molar-refractivity contribution in [2.75, 3.05) is 18.1 Å². The lowest BCUT2D eigenvalue weighted by molar-refractivity contribution is 0.268. The summed E-state index contributed by atoms with van der Waals surface area (Å²) in [6, 6.07) is 3.53. The van der Waals surface area contributed by atoms with Crippen LogP contribution in [0.2, 0.25) is 0 Å². The van der Waals surface area contributed by atoms with Gasteiger partial charge in [-0.2, -0.15) is 5.10 Å². The molecule has 3 aliphatic rings. The number of fused-ring (bicyclic) bond motifs is 3. The van der Waals surface area contributed by atoms with E-state index in [2.05, 4.69) is 26.9 Å². The summed E-state index contributed by atoms with van der Waals surface area (Å²) in [5.74, 6) is 1.47. The number of hydrogen-bond donors (Lipinski definition) is 1. The molecule has 0 radical (unpaired) electrons. The Morgan fingerprint density at radius 3 is 3.14 bits per heavy atom. The zero-order valence-corrected chi connectivity index (χ0v) is 16.1. The third-order valence-electron chi connectivity index (χ3n) is 6.39. The van der Waals surface area contributed by atoms with Gasteiger partial charge >= 0.3 is 0 Å². The molecule has 1 N–H and O–H groups in total. The Balaban J connectivity index is 1.57. The van der Waals surface area contributed by atoms with Crippen LogP contribution in [0.5, 0.6) is 5.88 Å².